The first kappa shape index (κ1) is 12.1. The summed E-state index contributed by atoms with van der Waals surface area (Å²) in [5.74, 6) is 0. The lowest BCUT2D eigenvalue weighted by Gasteiger charge is -2.50. The number of ether oxygens (including phenoxy) is 1. The van der Waals surface area contributed by atoms with E-state index in [2.05, 4.69) is 24.0 Å². The van der Waals surface area contributed by atoms with Gasteiger partial charge in [0.15, 0.2) is 0 Å². The van der Waals surface area contributed by atoms with E-state index in [1.165, 1.54) is 0 Å². The van der Waals surface area contributed by atoms with Gasteiger partial charge in [0.05, 0.1) is 25.0 Å². The molecule has 0 spiro atoms. The van der Waals surface area contributed by atoms with Crippen LogP contribution in [-0.2, 0) is 16.9 Å². The minimum Gasteiger partial charge on any atom is -0.385 e. The van der Waals surface area contributed by atoms with Crippen LogP contribution in [0.4, 0.5) is 0 Å². The first-order valence-corrected chi connectivity index (χ1v) is 6.67. The Balaban J connectivity index is 1.86. The molecule has 2 bridgehead atoms. The molecule has 0 radical (unpaired) electrons. The first-order chi connectivity index (χ1) is 8.62. The maximum absolute atomic E-state index is 10.9. The Labute approximate surface area is 107 Å². The number of fused-ring (bicyclic) bond motifs is 2. The zero-order valence-electron chi connectivity index (χ0n) is 11.0. The van der Waals surface area contributed by atoms with E-state index in [0.29, 0.717) is 12.1 Å². The van der Waals surface area contributed by atoms with Crippen molar-refractivity contribution in [2.24, 2.45) is 0 Å². The minimum atomic E-state index is -0.737. The topological polar surface area (TPSA) is 50.5 Å². The van der Waals surface area contributed by atoms with Crippen LogP contribution in [0.1, 0.15) is 25.3 Å². The average Bonchev–Trinajstić information content (AvgIpc) is 2.81. The molecule has 1 aromatic heterocycles. The van der Waals surface area contributed by atoms with Gasteiger partial charge in [0.2, 0.25) is 0 Å². The van der Waals surface area contributed by atoms with E-state index in [1.54, 1.807) is 0 Å². The summed E-state index contributed by atoms with van der Waals surface area (Å²) in [6.07, 6.45) is 5.25. The molecule has 5 heteroatoms. The largest absolute Gasteiger partial charge is 0.385 e. The van der Waals surface area contributed by atoms with Crippen LogP contribution in [0.15, 0.2) is 12.4 Å². The van der Waals surface area contributed by atoms with Crippen molar-refractivity contribution in [3.05, 3.63) is 18.0 Å². The predicted octanol–water partition coefficient (Wildman–Crippen LogP) is 0.584. The summed E-state index contributed by atoms with van der Waals surface area (Å²) in [4.78, 5) is 2.35. The lowest BCUT2D eigenvalue weighted by atomic mass is 9.78. The maximum Gasteiger partial charge on any atom is 0.0958 e. The molecule has 3 heterocycles. The molecule has 0 aliphatic carbocycles. The van der Waals surface area contributed by atoms with Crippen molar-refractivity contribution in [3.63, 3.8) is 0 Å². The predicted molar refractivity (Wildman–Crippen MR) is 67.2 cm³/mol. The number of piperidine rings is 1. The molecule has 0 amide bonds. The highest BCUT2D eigenvalue weighted by Crippen LogP contribution is 2.39. The monoisotopic (exact) mass is 251 g/mol. The SMILES string of the molecule is CCn1cc(C2(O)CC3COCC(C2)N3C)cn1. The highest BCUT2D eigenvalue weighted by molar-refractivity contribution is 5.19. The summed E-state index contributed by atoms with van der Waals surface area (Å²) in [5, 5.41) is 15.2. The summed E-state index contributed by atoms with van der Waals surface area (Å²) in [6.45, 7) is 4.33. The fourth-order valence-electron chi connectivity index (χ4n) is 3.15. The van der Waals surface area contributed by atoms with E-state index in [-0.39, 0.29) is 0 Å². The molecule has 2 aliphatic rings. The van der Waals surface area contributed by atoms with E-state index in [4.69, 9.17) is 4.74 Å². The van der Waals surface area contributed by atoms with Gasteiger partial charge in [-0.25, -0.2) is 0 Å². The van der Waals surface area contributed by atoms with Gasteiger partial charge < -0.3 is 9.84 Å². The lowest BCUT2D eigenvalue weighted by molar-refractivity contribution is -0.137. The summed E-state index contributed by atoms with van der Waals surface area (Å²) in [7, 11) is 2.13. The van der Waals surface area contributed by atoms with Gasteiger partial charge >= 0.3 is 0 Å². The first-order valence-electron chi connectivity index (χ1n) is 6.67. The van der Waals surface area contributed by atoms with Gasteiger partial charge in [0, 0.05) is 30.4 Å². The molecule has 1 aromatic rings. The molecule has 2 atom stereocenters. The van der Waals surface area contributed by atoms with Crippen molar-refractivity contribution >= 4 is 0 Å². The van der Waals surface area contributed by atoms with Crippen molar-refractivity contribution in [2.75, 3.05) is 20.3 Å². The number of nitrogens with zero attached hydrogens (tertiary/aromatic N) is 3. The number of hydrogen-bond acceptors (Lipinski definition) is 4. The van der Waals surface area contributed by atoms with E-state index < -0.39 is 5.60 Å². The van der Waals surface area contributed by atoms with Gasteiger partial charge in [-0.1, -0.05) is 0 Å². The van der Waals surface area contributed by atoms with Gasteiger partial charge in [0.25, 0.3) is 0 Å². The second kappa shape index (κ2) is 4.33. The molecular weight excluding hydrogens is 230 g/mol. The zero-order chi connectivity index (χ0) is 12.8. The van der Waals surface area contributed by atoms with Crippen LogP contribution in [0, 0.1) is 0 Å². The Hall–Kier alpha value is -0.910. The van der Waals surface area contributed by atoms with Crippen molar-refractivity contribution in [1.29, 1.82) is 0 Å². The highest BCUT2D eigenvalue weighted by Gasteiger charge is 2.46. The number of hydrogen-bond donors (Lipinski definition) is 1. The molecule has 1 N–H and O–H groups in total. The molecule has 0 aromatic carbocycles. The quantitative estimate of drug-likeness (QED) is 0.835. The number of rotatable bonds is 2. The molecule has 2 saturated heterocycles. The van der Waals surface area contributed by atoms with Gasteiger partial charge in [-0.2, -0.15) is 5.10 Å². The molecule has 100 valence electrons. The molecule has 3 rings (SSSR count). The Morgan fingerprint density at radius 1 is 1.44 bits per heavy atom. The molecular formula is C13H21N3O2. The summed E-state index contributed by atoms with van der Waals surface area (Å²) >= 11 is 0. The minimum absolute atomic E-state index is 0.312. The highest BCUT2D eigenvalue weighted by atomic mass is 16.5. The van der Waals surface area contributed by atoms with Crippen LogP contribution in [0.3, 0.4) is 0 Å². The number of aromatic nitrogens is 2. The van der Waals surface area contributed by atoms with Crippen molar-refractivity contribution in [2.45, 2.75) is 44.0 Å². The number of aryl methyl sites for hydroxylation is 1. The van der Waals surface area contributed by atoms with E-state index >= 15 is 0 Å². The third-order valence-corrected chi connectivity index (χ3v) is 4.41. The Morgan fingerprint density at radius 3 is 2.67 bits per heavy atom. The smallest absolute Gasteiger partial charge is 0.0958 e. The second-order valence-corrected chi connectivity index (χ2v) is 5.54. The standard InChI is InChI=1S/C13H21N3O2/c1-3-16-7-10(6-14-16)13(17)4-11-8-18-9-12(5-13)15(11)2/h6-7,11-12,17H,3-5,8-9H2,1-2H3. The second-order valence-electron chi connectivity index (χ2n) is 5.54. The number of aliphatic hydroxyl groups is 1. The molecule has 18 heavy (non-hydrogen) atoms. The Bertz CT molecular complexity index is 418. The van der Waals surface area contributed by atoms with E-state index in [9.17, 15) is 5.11 Å². The molecule has 2 aliphatic heterocycles. The summed E-state index contributed by atoms with van der Waals surface area (Å²) in [6, 6.07) is 0.625. The number of likely N-dealkylation sites (N-methyl/N-ethyl adjacent to an activating group) is 1. The Kier molecular flexibility index (Phi) is 2.92. The van der Waals surface area contributed by atoms with Gasteiger partial charge in [-0.15, -0.1) is 0 Å². The molecule has 5 nitrogen and oxygen atoms in total. The fraction of sp³-hybridized carbons (Fsp3) is 0.769. The lowest BCUT2D eigenvalue weighted by Crippen LogP contribution is -2.59. The van der Waals surface area contributed by atoms with Crippen LogP contribution >= 0.6 is 0 Å². The van der Waals surface area contributed by atoms with Crippen LogP contribution < -0.4 is 0 Å². The van der Waals surface area contributed by atoms with Gasteiger partial charge in [-0.3, -0.25) is 9.58 Å². The van der Waals surface area contributed by atoms with Crippen LogP contribution in [0.25, 0.3) is 0 Å². The van der Waals surface area contributed by atoms with Crippen molar-refractivity contribution in [3.8, 4) is 0 Å². The molecule has 2 fully saturated rings. The molecule has 0 saturated carbocycles. The maximum atomic E-state index is 10.9. The van der Waals surface area contributed by atoms with Gasteiger partial charge in [-0.05, 0) is 26.8 Å². The van der Waals surface area contributed by atoms with Crippen LogP contribution in [-0.4, -0.2) is 52.1 Å². The Morgan fingerprint density at radius 2 is 2.11 bits per heavy atom. The van der Waals surface area contributed by atoms with E-state index in [0.717, 1.165) is 38.2 Å². The average molecular weight is 251 g/mol. The number of morpholine rings is 1. The summed E-state index contributed by atoms with van der Waals surface area (Å²) in [5.41, 5.74) is 0.216. The third kappa shape index (κ3) is 1.86. The molecule has 2 unspecified atom stereocenters. The summed E-state index contributed by atoms with van der Waals surface area (Å²) < 4.78 is 7.46. The van der Waals surface area contributed by atoms with Gasteiger partial charge in [0.1, 0.15) is 0 Å². The van der Waals surface area contributed by atoms with Crippen molar-refractivity contribution < 1.29 is 9.84 Å². The van der Waals surface area contributed by atoms with Crippen LogP contribution in [0.2, 0.25) is 0 Å². The normalized spacial score (nSPS) is 36.8. The van der Waals surface area contributed by atoms with Crippen LogP contribution in [0.5, 0.6) is 0 Å². The fourth-order valence-corrected chi connectivity index (χ4v) is 3.15. The zero-order valence-corrected chi connectivity index (χ0v) is 11.0. The van der Waals surface area contributed by atoms with Crippen molar-refractivity contribution in [1.82, 2.24) is 14.7 Å². The third-order valence-electron chi connectivity index (χ3n) is 4.41. The van der Waals surface area contributed by atoms with E-state index in [1.807, 2.05) is 17.1 Å².